The third-order valence-corrected chi connectivity index (χ3v) is 2.97. The van der Waals surface area contributed by atoms with Crippen molar-refractivity contribution in [3.8, 4) is 6.07 Å². The number of nitrogens with zero attached hydrogens (tertiary/aromatic N) is 2. The third kappa shape index (κ3) is 3.53. The Morgan fingerprint density at radius 2 is 1.76 bits per heavy atom. The Kier molecular flexibility index (Phi) is 4.44. The van der Waals surface area contributed by atoms with Crippen molar-refractivity contribution in [1.29, 1.82) is 5.26 Å². The number of hydrogen-bond acceptors (Lipinski definition) is 4. The van der Waals surface area contributed by atoms with Crippen LogP contribution in [-0.2, 0) is 6.61 Å². The van der Waals surface area contributed by atoms with Crippen LogP contribution in [-0.4, -0.2) is 10.0 Å². The van der Waals surface area contributed by atoms with Gasteiger partial charge in [-0.15, -0.1) is 0 Å². The van der Waals surface area contributed by atoms with E-state index in [0.29, 0.717) is 5.56 Å². The average Bonchev–Trinajstić information content (AvgIpc) is 2.52. The smallest absolute Gasteiger partial charge is 0.287 e. The molecule has 5 nitrogen and oxygen atoms in total. The molecule has 0 amide bonds. The van der Waals surface area contributed by atoms with Crippen LogP contribution in [0.15, 0.2) is 42.5 Å². The monoisotopic (exact) mass is 280 g/mol. The Bertz CT molecular complexity index is 728. The van der Waals surface area contributed by atoms with Gasteiger partial charge in [-0.25, -0.2) is 0 Å². The molecule has 0 fully saturated rings. The van der Waals surface area contributed by atoms with E-state index < -0.39 is 4.92 Å². The molecule has 104 valence electrons. The van der Waals surface area contributed by atoms with E-state index in [-0.39, 0.29) is 17.9 Å². The van der Waals surface area contributed by atoms with E-state index in [2.05, 4.69) is 0 Å². The fraction of sp³-hybridized carbons (Fsp3) is 0.0625. The molecule has 0 heterocycles. The van der Waals surface area contributed by atoms with Crippen LogP contribution in [0.25, 0.3) is 12.2 Å². The number of nitro groups is 1. The maximum absolute atomic E-state index is 10.7. The van der Waals surface area contributed by atoms with Gasteiger partial charge >= 0.3 is 0 Å². The maximum Gasteiger partial charge on any atom is 0.287 e. The number of hydrogen-bond donors (Lipinski definition) is 1. The van der Waals surface area contributed by atoms with Gasteiger partial charge in [0.15, 0.2) is 0 Å². The third-order valence-electron chi connectivity index (χ3n) is 2.97. The van der Waals surface area contributed by atoms with Crippen LogP contribution >= 0.6 is 0 Å². The molecule has 0 aliphatic carbocycles. The Morgan fingerprint density at radius 1 is 1.14 bits per heavy atom. The molecule has 2 aromatic carbocycles. The molecule has 0 saturated carbocycles. The molecule has 1 N–H and O–H groups in total. The molecule has 0 saturated heterocycles. The number of rotatable bonds is 4. The van der Waals surface area contributed by atoms with Gasteiger partial charge < -0.3 is 5.11 Å². The van der Waals surface area contributed by atoms with Gasteiger partial charge in [0.05, 0.1) is 11.5 Å². The van der Waals surface area contributed by atoms with Crippen molar-refractivity contribution >= 4 is 17.8 Å². The molecule has 0 atom stereocenters. The Balaban J connectivity index is 2.24. The van der Waals surface area contributed by atoms with Crippen LogP contribution in [0.3, 0.4) is 0 Å². The van der Waals surface area contributed by atoms with Gasteiger partial charge in [0, 0.05) is 6.07 Å². The first-order valence-electron chi connectivity index (χ1n) is 6.20. The van der Waals surface area contributed by atoms with Crippen LogP contribution in [0.2, 0.25) is 0 Å². The van der Waals surface area contributed by atoms with Gasteiger partial charge in [-0.05, 0) is 28.8 Å². The lowest BCUT2D eigenvalue weighted by atomic mass is 10.1. The predicted octanol–water partition coefficient (Wildman–Crippen LogP) is 3.13. The second kappa shape index (κ2) is 6.46. The molecule has 0 aromatic heterocycles. The molecule has 0 aliphatic rings. The second-order valence-corrected chi connectivity index (χ2v) is 4.38. The highest BCUT2D eigenvalue weighted by atomic mass is 16.6. The lowest BCUT2D eigenvalue weighted by molar-refractivity contribution is -0.385. The molecule has 0 aliphatic heterocycles. The fourth-order valence-corrected chi connectivity index (χ4v) is 1.83. The average molecular weight is 280 g/mol. The quantitative estimate of drug-likeness (QED) is 0.529. The molecule has 0 bridgehead atoms. The molecule has 21 heavy (non-hydrogen) atoms. The SMILES string of the molecule is N#Cc1cc(C=Cc2ccc(CO)cc2)ccc1[N+](=O)[O-]. The minimum atomic E-state index is -0.570. The van der Waals surface area contributed by atoms with Crippen LogP contribution < -0.4 is 0 Å². The fourth-order valence-electron chi connectivity index (χ4n) is 1.83. The van der Waals surface area contributed by atoms with Gasteiger partial charge in [0.2, 0.25) is 0 Å². The molecule has 0 radical (unpaired) electrons. The van der Waals surface area contributed by atoms with Crippen LogP contribution in [0.1, 0.15) is 22.3 Å². The number of aliphatic hydroxyl groups excluding tert-OH is 1. The zero-order chi connectivity index (χ0) is 15.2. The van der Waals surface area contributed by atoms with Crippen molar-refractivity contribution in [2.75, 3.05) is 0 Å². The number of nitro benzene ring substituents is 1. The van der Waals surface area contributed by atoms with E-state index in [1.165, 1.54) is 12.1 Å². The molecular weight excluding hydrogens is 268 g/mol. The summed E-state index contributed by atoms with van der Waals surface area (Å²) in [6.45, 7) is -0.00211. The summed E-state index contributed by atoms with van der Waals surface area (Å²) in [6.07, 6.45) is 3.61. The topological polar surface area (TPSA) is 87.2 Å². The lowest BCUT2D eigenvalue weighted by Crippen LogP contribution is -1.92. The van der Waals surface area contributed by atoms with Crippen molar-refractivity contribution < 1.29 is 10.0 Å². The first-order valence-corrected chi connectivity index (χ1v) is 6.20. The minimum absolute atomic E-state index is 0.00211. The second-order valence-electron chi connectivity index (χ2n) is 4.38. The number of aliphatic hydroxyl groups is 1. The van der Waals surface area contributed by atoms with Gasteiger partial charge in [-0.2, -0.15) is 5.26 Å². The van der Waals surface area contributed by atoms with E-state index in [4.69, 9.17) is 10.4 Å². The van der Waals surface area contributed by atoms with Gasteiger partial charge in [0.25, 0.3) is 5.69 Å². The lowest BCUT2D eigenvalue weighted by Gasteiger charge is -1.99. The van der Waals surface area contributed by atoms with Crippen molar-refractivity contribution in [3.05, 3.63) is 74.8 Å². The summed E-state index contributed by atoms with van der Waals surface area (Å²) >= 11 is 0. The predicted molar refractivity (Wildman–Crippen MR) is 79.1 cm³/mol. The molecule has 0 unspecified atom stereocenters. The molecular formula is C16H12N2O3. The van der Waals surface area contributed by atoms with Crippen molar-refractivity contribution in [1.82, 2.24) is 0 Å². The maximum atomic E-state index is 10.7. The normalized spacial score (nSPS) is 10.5. The first kappa shape index (κ1) is 14.4. The van der Waals surface area contributed by atoms with Crippen molar-refractivity contribution in [3.63, 3.8) is 0 Å². The summed E-state index contributed by atoms with van der Waals surface area (Å²) in [5.74, 6) is 0. The number of nitriles is 1. The Hall–Kier alpha value is -2.97. The largest absolute Gasteiger partial charge is 0.392 e. The Morgan fingerprint density at radius 3 is 2.33 bits per heavy atom. The van der Waals surface area contributed by atoms with E-state index >= 15 is 0 Å². The zero-order valence-electron chi connectivity index (χ0n) is 11.1. The summed E-state index contributed by atoms with van der Waals surface area (Å²) in [5, 5.41) is 28.6. The Labute approximate surface area is 121 Å². The van der Waals surface area contributed by atoms with Gasteiger partial charge in [-0.1, -0.05) is 36.4 Å². The summed E-state index contributed by atoms with van der Waals surface area (Å²) in [6, 6.07) is 13.6. The van der Waals surface area contributed by atoms with Gasteiger partial charge in [0.1, 0.15) is 11.6 Å². The van der Waals surface area contributed by atoms with E-state index in [0.717, 1.165) is 11.1 Å². The van der Waals surface area contributed by atoms with Crippen LogP contribution in [0.5, 0.6) is 0 Å². The summed E-state index contributed by atoms with van der Waals surface area (Å²) < 4.78 is 0. The van der Waals surface area contributed by atoms with Crippen LogP contribution in [0.4, 0.5) is 5.69 Å². The highest BCUT2D eigenvalue weighted by Crippen LogP contribution is 2.20. The summed E-state index contributed by atoms with van der Waals surface area (Å²) in [7, 11) is 0. The molecule has 5 heteroatoms. The van der Waals surface area contributed by atoms with Gasteiger partial charge in [-0.3, -0.25) is 10.1 Å². The standard InChI is InChI=1S/C16H12N2O3/c17-10-15-9-13(7-8-16(15)18(20)21)4-1-12-2-5-14(11-19)6-3-12/h1-9,19H,11H2. The summed E-state index contributed by atoms with van der Waals surface area (Å²) in [5.41, 5.74) is 2.32. The first-order chi connectivity index (χ1) is 10.1. The highest BCUT2D eigenvalue weighted by molar-refractivity contribution is 5.71. The summed E-state index contributed by atoms with van der Waals surface area (Å²) in [4.78, 5) is 10.2. The van der Waals surface area contributed by atoms with E-state index in [9.17, 15) is 10.1 Å². The number of benzene rings is 2. The molecule has 2 rings (SSSR count). The minimum Gasteiger partial charge on any atom is -0.392 e. The van der Waals surface area contributed by atoms with Crippen molar-refractivity contribution in [2.45, 2.75) is 6.61 Å². The molecule has 2 aromatic rings. The zero-order valence-corrected chi connectivity index (χ0v) is 11.1. The molecule has 0 spiro atoms. The van der Waals surface area contributed by atoms with Crippen molar-refractivity contribution in [2.24, 2.45) is 0 Å². The van der Waals surface area contributed by atoms with E-state index in [1.54, 1.807) is 12.1 Å². The van der Waals surface area contributed by atoms with Crippen LogP contribution in [0, 0.1) is 21.4 Å². The van der Waals surface area contributed by atoms with E-state index in [1.807, 2.05) is 36.4 Å². The highest BCUT2D eigenvalue weighted by Gasteiger charge is 2.12.